The molecule has 1 aliphatic heterocycles. The first-order chi connectivity index (χ1) is 7.24. The van der Waals surface area contributed by atoms with Crippen molar-refractivity contribution in [3.05, 3.63) is 28.7 Å². The van der Waals surface area contributed by atoms with Gasteiger partial charge < -0.3 is 14.8 Å². The molecular weight excluding hydrogens is 262 g/mol. The van der Waals surface area contributed by atoms with Gasteiger partial charge in [-0.05, 0) is 24.3 Å². The van der Waals surface area contributed by atoms with Crippen LogP contribution in [0.5, 0.6) is 5.75 Å². The fourth-order valence-corrected chi connectivity index (χ4v) is 1.51. The Morgan fingerprint density at radius 1 is 1.47 bits per heavy atom. The molecule has 80 valence electrons. The number of ether oxygens (including phenoxy) is 2. The van der Waals surface area contributed by atoms with Crippen molar-refractivity contribution in [2.45, 2.75) is 6.10 Å². The Hall–Kier alpha value is -1.23. The highest BCUT2D eigenvalue weighted by atomic mass is 79.9. The molecule has 4 nitrogen and oxygen atoms in total. The zero-order valence-electron chi connectivity index (χ0n) is 7.90. The van der Waals surface area contributed by atoms with E-state index in [4.69, 9.17) is 9.47 Å². The van der Waals surface area contributed by atoms with Gasteiger partial charge in [-0.3, -0.25) is 0 Å². The normalized spacial score (nSPS) is 19.5. The highest BCUT2D eigenvalue weighted by Gasteiger charge is 2.22. The van der Waals surface area contributed by atoms with Gasteiger partial charge in [-0.2, -0.15) is 0 Å². The molecule has 0 saturated carbocycles. The van der Waals surface area contributed by atoms with Gasteiger partial charge in [-0.15, -0.1) is 0 Å². The van der Waals surface area contributed by atoms with E-state index in [1.54, 1.807) is 0 Å². The molecule has 5 heteroatoms. The van der Waals surface area contributed by atoms with Gasteiger partial charge in [0.25, 0.3) is 0 Å². The van der Waals surface area contributed by atoms with E-state index in [-0.39, 0.29) is 12.2 Å². The van der Waals surface area contributed by atoms with Crippen molar-refractivity contribution in [1.29, 1.82) is 0 Å². The van der Waals surface area contributed by atoms with Gasteiger partial charge in [0, 0.05) is 4.47 Å². The molecule has 0 bridgehead atoms. The third-order valence-corrected chi connectivity index (χ3v) is 2.53. The number of benzene rings is 1. The Labute approximate surface area is 95.7 Å². The van der Waals surface area contributed by atoms with Crippen LogP contribution in [-0.4, -0.2) is 25.3 Å². The van der Waals surface area contributed by atoms with Crippen LogP contribution in [0.25, 0.3) is 0 Å². The van der Waals surface area contributed by atoms with Crippen molar-refractivity contribution in [1.82, 2.24) is 5.32 Å². The van der Waals surface area contributed by atoms with Crippen LogP contribution in [0.1, 0.15) is 0 Å². The minimum atomic E-state index is -0.376. The number of carbonyl (C=O) groups is 1. The second kappa shape index (κ2) is 4.53. The second-order valence-electron chi connectivity index (χ2n) is 3.17. The molecule has 1 amide bonds. The number of cyclic esters (lactones) is 1. The number of alkyl carbamates (subject to hydrolysis) is 1. The Balaban J connectivity index is 1.83. The lowest BCUT2D eigenvalue weighted by Crippen LogP contribution is -2.21. The monoisotopic (exact) mass is 271 g/mol. The van der Waals surface area contributed by atoms with Crippen LogP contribution in [0, 0.1) is 0 Å². The second-order valence-corrected chi connectivity index (χ2v) is 4.09. The molecule has 1 fully saturated rings. The van der Waals surface area contributed by atoms with Crippen molar-refractivity contribution in [2.24, 2.45) is 0 Å². The van der Waals surface area contributed by atoms with E-state index in [2.05, 4.69) is 21.2 Å². The molecule has 1 N–H and O–H groups in total. The molecule has 2 rings (SSSR count). The van der Waals surface area contributed by atoms with E-state index in [0.717, 1.165) is 10.2 Å². The fraction of sp³-hybridized carbons (Fsp3) is 0.300. The average molecular weight is 272 g/mol. The molecule has 1 aliphatic rings. The van der Waals surface area contributed by atoms with Crippen molar-refractivity contribution in [3.8, 4) is 5.75 Å². The van der Waals surface area contributed by atoms with E-state index in [9.17, 15) is 4.79 Å². The molecule has 1 aromatic carbocycles. The summed E-state index contributed by atoms with van der Waals surface area (Å²) in [6.45, 7) is 0.885. The molecule has 0 spiro atoms. The molecule has 1 aromatic rings. The summed E-state index contributed by atoms with van der Waals surface area (Å²) < 4.78 is 11.4. The minimum Gasteiger partial charge on any atom is -0.490 e. The molecule has 1 saturated heterocycles. The topological polar surface area (TPSA) is 47.6 Å². The van der Waals surface area contributed by atoms with Crippen LogP contribution in [0.2, 0.25) is 0 Å². The van der Waals surface area contributed by atoms with Crippen LogP contribution in [-0.2, 0) is 4.74 Å². The van der Waals surface area contributed by atoms with Gasteiger partial charge in [0.05, 0.1) is 6.54 Å². The highest BCUT2D eigenvalue weighted by Crippen LogP contribution is 2.16. The molecule has 0 unspecified atom stereocenters. The summed E-state index contributed by atoms with van der Waals surface area (Å²) in [4.78, 5) is 10.7. The number of hydrogen-bond acceptors (Lipinski definition) is 3. The zero-order chi connectivity index (χ0) is 10.7. The van der Waals surface area contributed by atoms with Crippen LogP contribution in [0.15, 0.2) is 28.7 Å². The number of amides is 1. The lowest BCUT2D eigenvalue weighted by molar-refractivity contribution is 0.105. The van der Waals surface area contributed by atoms with Crippen LogP contribution in [0.4, 0.5) is 4.79 Å². The molecule has 0 aliphatic carbocycles. The largest absolute Gasteiger partial charge is 0.490 e. The number of carbonyl (C=O) groups excluding carboxylic acids is 1. The van der Waals surface area contributed by atoms with Crippen LogP contribution >= 0.6 is 15.9 Å². The Morgan fingerprint density at radius 2 is 2.20 bits per heavy atom. The minimum absolute atomic E-state index is 0.193. The van der Waals surface area contributed by atoms with E-state index in [1.807, 2.05) is 24.3 Å². The Morgan fingerprint density at radius 3 is 2.80 bits per heavy atom. The van der Waals surface area contributed by atoms with Gasteiger partial charge >= 0.3 is 6.09 Å². The summed E-state index contributed by atoms with van der Waals surface area (Å²) in [5, 5.41) is 2.57. The summed E-state index contributed by atoms with van der Waals surface area (Å²) in [6, 6.07) is 7.51. The molecule has 0 aromatic heterocycles. The predicted molar refractivity (Wildman–Crippen MR) is 57.9 cm³/mol. The molecule has 15 heavy (non-hydrogen) atoms. The first-order valence-electron chi connectivity index (χ1n) is 4.57. The standard InChI is InChI=1S/C10H10BrNO3/c11-7-1-3-8(4-2-7)14-6-9-5-12-10(13)15-9/h1-4,9H,5-6H2,(H,12,13)/t9-/m1/s1. The maximum Gasteiger partial charge on any atom is 0.407 e. The fourth-order valence-electron chi connectivity index (χ4n) is 1.24. The van der Waals surface area contributed by atoms with Gasteiger partial charge in [0.15, 0.2) is 6.10 Å². The van der Waals surface area contributed by atoms with Gasteiger partial charge in [-0.25, -0.2) is 4.79 Å². The third kappa shape index (κ3) is 2.86. The maximum atomic E-state index is 10.7. The summed E-state index contributed by atoms with van der Waals surface area (Å²) in [6.07, 6.45) is -0.569. The lowest BCUT2D eigenvalue weighted by atomic mass is 10.3. The predicted octanol–water partition coefficient (Wildman–Crippen LogP) is 1.94. The van der Waals surface area contributed by atoms with Crippen molar-refractivity contribution < 1.29 is 14.3 Å². The van der Waals surface area contributed by atoms with Crippen LogP contribution in [0.3, 0.4) is 0 Å². The quantitative estimate of drug-likeness (QED) is 0.914. The summed E-state index contributed by atoms with van der Waals surface area (Å²) in [7, 11) is 0. The summed E-state index contributed by atoms with van der Waals surface area (Å²) in [5.41, 5.74) is 0. The van der Waals surface area contributed by atoms with Crippen molar-refractivity contribution in [2.75, 3.05) is 13.2 Å². The number of halogens is 1. The van der Waals surface area contributed by atoms with Crippen molar-refractivity contribution >= 4 is 22.0 Å². The van der Waals surface area contributed by atoms with E-state index >= 15 is 0 Å². The maximum absolute atomic E-state index is 10.7. The smallest absolute Gasteiger partial charge is 0.407 e. The zero-order valence-corrected chi connectivity index (χ0v) is 9.49. The van der Waals surface area contributed by atoms with E-state index in [1.165, 1.54) is 0 Å². The van der Waals surface area contributed by atoms with Crippen LogP contribution < -0.4 is 10.1 Å². The Bertz CT molecular complexity index is 352. The molecular formula is C10H10BrNO3. The van der Waals surface area contributed by atoms with Crippen molar-refractivity contribution in [3.63, 3.8) is 0 Å². The summed E-state index contributed by atoms with van der Waals surface area (Å²) in [5.74, 6) is 0.765. The first kappa shape index (κ1) is 10.3. The lowest BCUT2D eigenvalue weighted by Gasteiger charge is -2.09. The average Bonchev–Trinajstić information content (AvgIpc) is 2.64. The SMILES string of the molecule is O=C1NC[C@H](COc2ccc(Br)cc2)O1. The van der Waals surface area contributed by atoms with Gasteiger partial charge in [0.2, 0.25) is 0 Å². The summed E-state index contributed by atoms with van der Waals surface area (Å²) >= 11 is 3.34. The number of rotatable bonds is 3. The number of hydrogen-bond donors (Lipinski definition) is 1. The Kier molecular flexibility index (Phi) is 3.11. The molecule has 0 radical (unpaired) electrons. The molecule has 1 atom stereocenters. The molecule has 1 heterocycles. The third-order valence-electron chi connectivity index (χ3n) is 2.00. The highest BCUT2D eigenvalue weighted by molar-refractivity contribution is 9.10. The van der Waals surface area contributed by atoms with E-state index < -0.39 is 0 Å². The number of nitrogens with one attached hydrogen (secondary N) is 1. The van der Waals surface area contributed by atoms with Gasteiger partial charge in [0.1, 0.15) is 12.4 Å². The van der Waals surface area contributed by atoms with E-state index in [0.29, 0.717) is 13.2 Å². The van der Waals surface area contributed by atoms with Gasteiger partial charge in [-0.1, -0.05) is 15.9 Å². The first-order valence-corrected chi connectivity index (χ1v) is 5.36.